The predicted octanol–water partition coefficient (Wildman–Crippen LogP) is 5.66. The molecule has 0 amide bonds. The van der Waals surface area contributed by atoms with E-state index in [2.05, 4.69) is 34.3 Å². The minimum Gasteiger partial charge on any atom is -0.365 e. The highest BCUT2D eigenvalue weighted by molar-refractivity contribution is 5.86. The molecule has 2 aliphatic rings. The van der Waals surface area contributed by atoms with Crippen LogP contribution in [-0.2, 0) is 6.54 Å². The van der Waals surface area contributed by atoms with E-state index in [0.29, 0.717) is 46.8 Å². The summed E-state index contributed by atoms with van der Waals surface area (Å²) in [5.41, 5.74) is 1.62. The van der Waals surface area contributed by atoms with E-state index >= 15 is 4.39 Å². The van der Waals surface area contributed by atoms with Crippen LogP contribution in [0.5, 0.6) is 0 Å². The Labute approximate surface area is 220 Å². The van der Waals surface area contributed by atoms with Gasteiger partial charge in [0.15, 0.2) is 23.5 Å². The second-order valence-electron chi connectivity index (χ2n) is 11.1. The van der Waals surface area contributed by atoms with Crippen LogP contribution < -0.4 is 11.1 Å². The van der Waals surface area contributed by atoms with Gasteiger partial charge in [0.05, 0.1) is 0 Å². The van der Waals surface area contributed by atoms with Crippen LogP contribution in [0.25, 0.3) is 22.8 Å². The average Bonchev–Trinajstić information content (AvgIpc) is 3.48. The van der Waals surface area contributed by atoms with E-state index in [0.717, 1.165) is 31.6 Å². The molecular formula is C28H34FN7O2. The van der Waals surface area contributed by atoms with Gasteiger partial charge in [-0.1, -0.05) is 61.7 Å². The smallest absolute Gasteiger partial charge is 0.365 e. The molecule has 10 heteroatoms. The lowest BCUT2D eigenvalue weighted by atomic mass is 9.80. The molecule has 0 radical (unpaired) electrons. The molecule has 2 atom stereocenters. The third-order valence-electron chi connectivity index (χ3n) is 8.40. The fraction of sp³-hybridized carbons (Fsp3) is 0.536. The van der Waals surface area contributed by atoms with Crippen LogP contribution in [0.1, 0.15) is 76.4 Å². The summed E-state index contributed by atoms with van der Waals surface area (Å²) in [6, 6.07) is 9.29. The van der Waals surface area contributed by atoms with Crippen molar-refractivity contribution in [3.8, 4) is 11.6 Å². The normalized spacial score (nSPS) is 21.8. The summed E-state index contributed by atoms with van der Waals surface area (Å²) in [7, 11) is 0. The maximum Gasteiger partial charge on any atom is 0.439 e. The van der Waals surface area contributed by atoms with Gasteiger partial charge in [0.25, 0.3) is 0 Å². The Bertz CT molecular complexity index is 1450. The van der Waals surface area contributed by atoms with Crippen LogP contribution in [0.4, 0.5) is 10.2 Å². The molecule has 200 valence electrons. The second kappa shape index (κ2) is 10.3. The monoisotopic (exact) mass is 519 g/mol. The summed E-state index contributed by atoms with van der Waals surface area (Å²) >= 11 is 0. The predicted molar refractivity (Wildman–Crippen MR) is 142 cm³/mol. The van der Waals surface area contributed by atoms with Crippen molar-refractivity contribution in [1.82, 2.24) is 29.7 Å². The number of alkyl halides is 1. The fourth-order valence-corrected chi connectivity index (χ4v) is 5.78. The molecule has 3 aromatic heterocycles. The highest BCUT2D eigenvalue weighted by Gasteiger charge is 2.30. The van der Waals surface area contributed by atoms with Crippen molar-refractivity contribution in [2.45, 2.75) is 77.6 Å². The molecule has 0 bridgehead atoms. The number of hydrogen-bond donors (Lipinski definition) is 2. The first-order valence-electron chi connectivity index (χ1n) is 13.8. The largest absolute Gasteiger partial charge is 0.439 e. The number of aromatic nitrogens is 6. The Kier molecular flexibility index (Phi) is 6.71. The van der Waals surface area contributed by atoms with Crippen LogP contribution in [0.2, 0.25) is 0 Å². The van der Waals surface area contributed by atoms with Crippen LogP contribution in [-0.4, -0.2) is 35.7 Å². The highest BCUT2D eigenvalue weighted by Crippen LogP contribution is 2.37. The molecule has 1 unspecified atom stereocenters. The van der Waals surface area contributed by atoms with Crippen LogP contribution >= 0.6 is 0 Å². The van der Waals surface area contributed by atoms with Gasteiger partial charge in [-0.2, -0.15) is 0 Å². The summed E-state index contributed by atoms with van der Waals surface area (Å²) < 4.78 is 22.9. The number of halogens is 1. The zero-order valence-corrected chi connectivity index (χ0v) is 21.9. The van der Waals surface area contributed by atoms with E-state index < -0.39 is 11.9 Å². The minimum absolute atomic E-state index is 0.119. The third kappa shape index (κ3) is 4.83. The number of aromatic amines is 1. The molecule has 6 rings (SSSR count). The first-order chi connectivity index (χ1) is 18.5. The van der Waals surface area contributed by atoms with Gasteiger partial charge in [-0.25, -0.2) is 24.1 Å². The minimum atomic E-state index is -1.42. The number of anilines is 1. The van der Waals surface area contributed by atoms with Gasteiger partial charge >= 0.3 is 5.76 Å². The van der Waals surface area contributed by atoms with E-state index in [1.807, 2.05) is 22.8 Å². The van der Waals surface area contributed by atoms with Gasteiger partial charge < -0.3 is 9.88 Å². The van der Waals surface area contributed by atoms with Crippen molar-refractivity contribution in [2.75, 3.05) is 5.32 Å². The van der Waals surface area contributed by atoms with Gasteiger partial charge in [0.1, 0.15) is 5.52 Å². The lowest BCUT2D eigenvalue weighted by Gasteiger charge is -2.32. The van der Waals surface area contributed by atoms with Crippen molar-refractivity contribution < 1.29 is 8.91 Å². The molecule has 2 aliphatic carbocycles. The van der Waals surface area contributed by atoms with E-state index in [4.69, 9.17) is 14.5 Å². The van der Waals surface area contributed by atoms with Crippen LogP contribution in [0.15, 0.2) is 39.6 Å². The molecule has 3 heterocycles. The van der Waals surface area contributed by atoms with Gasteiger partial charge in [-0.15, -0.1) is 0 Å². The zero-order chi connectivity index (χ0) is 26.2. The van der Waals surface area contributed by atoms with Gasteiger partial charge in [0, 0.05) is 12.6 Å². The number of rotatable bonds is 8. The number of H-pyrrole nitrogens is 1. The Balaban J connectivity index is 1.50. The standard InChI is InChI=1S/C28H34FN7O2/c1-16-11-13-18(14-12-16)15-36-22-23(30-17(2)19-9-6-10-19)31-25(26-34-28(37)38-35-26)32-24(22)33-27(36)21(29)20-7-4-3-5-8-20/h3-5,7-8,16-19,21H,6,9-15H2,1-2H3,(H,30,31,32)(H,34,35,37)/t16-,17-,18-,21?/m1/s1. The zero-order valence-electron chi connectivity index (χ0n) is 21.9. The van der Waals surface area contributed by atoms with E-state index in [1.165, 1.54) is 19.3 Å². The number of benzene rings is 1. The highest BCUT2D eigenvalue weighted by atomic mass is 19.1. The lowest BCUT2D eigenvalue weighted by molar-refractivity contribution is 0.259. The summed E-state index contributed by atoms with van der Waals surface area (Å²) in [4.78, 5) is 28.3. The molecule has 0 aliphatic heterocycles. The van der Waals surface area contributed by atoms with Crippen LogP contribution in [0, 0.1) is 17.8 Å². The number of nitrogens with one attached hydrogen (secondary N) is 2. The van der Waals surface area contributed by atoms with Crippen molar-refractivity contribution in [3.05, 3.63) is 52.3 Å². The molecule has 2 fully saturated rings. The van der Waals surface area contributed by atoms with E-state index in [1.54, 1.807) is 12.1 Å². The second-order valence-corrected chi connectivity index (χ2v) is 11.1. The van der Waals surface area contributed by atoms with E-state index in [9.17, 15) is 4.79 Å². The van der Waals surface area contributed by atoms with Crippen molar-refractivity contribution in [3.63, 3.8) is 0 Å². The Morgan fingerprint density at radius 3 is 2.53 bits per heavy atom. The number of imidazole rings is 1. The molecule has 1 aromatic carbocycles. The molecular weight excluding hydrogens is 485 g/mol. The number of nitrogens with zero attached hydrogens (tertiary/aromatic N) is 5. The van der Waals surface area contributed by atoms with E-state index in [-0.39, 0.29) is 17.7 Å². The number of fused-ring (bicyclic) bond motifs is 1. The average molecular weight is 520 g/mol. The Morgan fingerprint density at radius 1 is 1.11 bits per heavy atom. The molecule has 38 heavy (non-hydrogen) atoms. The quantitative estimate of drug-likeness (QED) is 0.309. The Morgan fingerprint density at radius 2 is 1.87 bits per heavy atom. The SMILES string of the molecule is C[C@@H](Nc1nc(-c2noc(=O)[nH]2)nc2nc(C(F)c3ccccc3)n(C[C@H]3CC[C@H](C)CC3)c12)C1CCC1. The molecule has 2 N–H and O–H groups in total. The topological polar surface area (TPSA) is 115 Å². The summed E-state index contributed by atoms with van der Waals surface area (Å²) in [5.74, 6) is 2.21. The van der Waals surface area contributed by atoms with Crippen LogP contribution in [0.3, 0.4) is 0 Å². The van der Waals surface area contributed by atoms with Gasteiger partial charge in [-0.3, -0.25) is 9.51 Å². The summed E-state index contributed by atoms with van der Waals surface area (Å²) in [5, 5.41) is 7.38. The molecule has 0 saturated heterocycles. The molecule has 9 nitrogen and oxygen atoms in total. The first-order valence-corrected chi connectivity index (χ1v) is 13.8. The lowest BCUT2D eigenvalue weighted by Crippen LogP contribution is -2.31. The molecule has 2 saturated carbocycles. The summed E-state index contributed by atoms with van der Waals surface area (Å²) in [6.07, 6.45) is 6.69. The third-order valence-corrected chi connectivity index (χ3v) is 8.40. The maximum atomic E-state index is 16.2. The number of hydrogen-bond acceptors (Lipinski definition) is 7. The Hall–Kier alpha value is -3.56. The van der Waals surface area contributed by atoms with Gasteiger partial charge in [-0.05, 0) is 55.9 Å². The van der Waals surface area contributed by atoms with Crippen molar-refractivity contribution in [1.29, 1.82) is 0 Å². The van der Waals surface area contributed by atoms with Crippen molar-refractivity contribution >= 4 is 17.0 Å². The molecule has 4 aromatic rings. The maximum absolute atomic E-state index is 16.2. The summed E-state index contributed by atoms with van der Waals surface area (Å²) in [6.45, 7) is 5.11. The van der Waals surface area contributed by atoms with Crippen molar-refractivity contribution in [2.24, 2.45) is 17.8 Å². The van der Waals surface area contributed by atoms with Gasteiger partial charge in [0.2, 0.25) is 11.6 Å². The first kappa shape index (κ1) is 24.8. The molecule has 0 spiro atoms. The fourth-order valence-electron chi connectivity index (χ4n) is 5.78.